The Balaban J connectivity index is 1.55. The van der Waals surface area contributed by atoms with Crippen LogP contribution in [0.2, 0.25) is 0 Å². The summed E-state index contributed by atoms with van der Waals surface area (Å²) < 4.78 is 3.82. The Hall–Kier alpha value is -4.21. The Morgan fingerprint density at radius 2 is 1.79 bits per heavy atom. The van der Waals surface area contributed by atoms with Gasteiger partial charge in [0.05, 0.1) is 10.9 Å². The quantitative estimate of drug-likeness (QED) is 0.391. The number of nitrogens with one attached hydrogen (secondary N) is 2. The first kappa shape index (κ1) is 25.4. The molecule has 0 atom stereocenters. The molecule has 0 saturated heterocycles. The van der Waals surface area contributed by atoms with Gasteiger partial charge in [0.2, 0.25) is 11.7 Å². The Bertz CT molecular complexity index is 1670. The summed E-state index contributed by atoms with van der Waals surface area (Å²) in [6.07, 6.45) is 4.72. The molecule has 1 aliphatic rings. The highest BCUT2D eigenvalue weighted by Gasteiger charge is 2.22. The first-order valence-corrected chi connectivity index (χ1v) is 13.1. The molecule has 0 bridgehead atoms. The number of hydrogen-bond acceptors (Lipinski definition) is 5. The van der Waals surface area contributed by atoms with Gasteiger partial charge in [0.15, 0.2) is 0 Å². The topological polar surface area (TPSA) is 120 Å². The fourth-order valence-electron chi connectivity index (χ4n) is 5.08. The minimum absolute atomic E-state index is 0.136. The lowest BCUT2D eigenvalue weighted by molar-refractivity contribution is -0.117. The number of rotatable bonds is 7. The van der Waals surface area contributed by atoms with E-state index in [0.717, 1.165) is 41.5 Å². The maximum Gasteiger partial charge on any atom is 0.352 e. The molecule has 2 amide bonds. The Labute approximate surface area is 219 Å². The molecule has 1 saturated carbocycles. The third-order valence-electron chi connectivity index (χ3n) is 7.26. The van der Waals surface area contributed by atoms with Crippen LogP contribution in [0, 0.1) is 13.8 Å². The number of aryl methyl sites for hydroxylation is 3. The molecule has 198 valence electrons. The molecule has 0 unspecified atom stereocenters. The molecule has 38 heavy (non-hydrogen) atoms. The fourth-order valence-corrected chi connectivity index (χ4v) is 5.08. The standard InChI is InChI=1S/C28H32N6O4/c1-4-13-32-26(37)22-12-10-19(25(36)30-20-7-5-6-8-20)15-23(22)34-27(32)31-33(28(34)38)16-24(35)29-21-11-9-17(2)18(3)14-21/h9-12,14-15,20H,4-8,13,16H2,1-3H3,(H,29,35)(H,30,36). The molecule has 1 aliphatic carbocycles. The molecule has 4 aromatic rings. The molecule has 0 aliphatic heterocycles. The molecule has 1 fully saturated rings. The normalized spacial score (nSPS) is 13.9. The van der Waals surface area contributed by atoms with Crippen molar-refractivity contribution in [3.05, 3.63) is 73.9 Å². The number of nitrogens with zero attached hydrogens (tertiary/aromatic N) is 4. The Morgan fingerprint density at radius 1 is 1.03 bits per heavy atom. The maximum absolute atomic E-state index is 13.5. The third-order valence-corrected chi connectivity index (χ3v) is 7.26. The Kier molecular flexibility index (Phi) is 6.88. The summed E-state index contributed by atoms with van der Waals surface area (Å²) in [5.74, 6) is -0.510. The first-order chi connectivity index (χ1) is 18.3. The molecule has 0 radical (unpaired) electrons. The summed E-state index contributed by atoms with van der Waals surface area (Å²) in [4.78, 5) is 52.6. The number of amides is 2. The summed E-state index contributed by atoms with van der Waals surface area (Å²) in [6, 6.07) is 10.5. The number of aromatic nitrogens is 4. The smallest absolute Gasteiger partial charge is 0.349 e. The maximum atomic E-state index is 13.5. The van der Waals surface area contributed by atoms with Crippen LogP contribution in [0.25, 0.3) is 16.7 Å². The zero-order chi connectivity index (χ0) is 27.0. The second-order valence-corrected chi connectivity index (χ2v) is 10.1. The van der Waals surface area contributed by atoms with E-state index in [1.54, 1.807) is 24.3 Å². The van der Waals surface area contributed by atoms with Crippen molar-refractivity contribution in [2.75, 3.05) is 5.32 Å². The lowest BCUT2D eigenvalue weighted by Crippen LogP contribution is -2.33. The van der Waals surface area contributed by atoms with Crippen molar-refractivity contribution in [2.45, 2.75) is 72.0 Å². The second kappa shape index (κ2) is 10.3. The van der Waals surface area contributed by atoms with Crippen LogP contribution in [0.4, 0.5) is 5.69 Å². The average molecular weight is 517 g/mol. The summed E-state index contributed by atoms with van der Waals surface area (Å²) >= 11 is 0. The fraction of sp³-hybridized carbons (Fsp3) is 0.393. The van der Waals surface area contributed by atoms with Crippen molar-refractivity contribution < 1.29 is 9.59 Å². The third kappa shape index (κ3) is 4.73. The number of fused-ring (bicyclic) bond motifs is 3. The van der Waals surface area contributed by atoms with Crippen LogP contribution in [0.5, 0.6) is 0 Å². The van der Waals surface area contributed by atoms with E-state index >= 15 is 0 Å². The van der Waals surface area contributed by atoms with Gasteiger partial charge in [0.25, 0.3) is 11.5 Å². The first-order valence-electron chi connectivity index (χ1n) is 13.1. The van der Waals surface area contributed by atoms with Gasteiger partial charge in [-0.05, 0) is 74.6 Å². The number of benzene rings is 2. The highest BCUT2D eigenvalue weighted by molar-refractivity contribution is 5.98. The lowest BCUT2D eigenvalue weighted by Gasteiger charge is -2.13. The number of carbonyl (C=O) groups is 2. The molecule has 5 rings (SSSR count). The van der Waals surface area contributed by atoms with Crippen LogP contribution in [-0.4, -0.2) is 36.6 Å². The van der Waals surface area contributed by atoms with Gasteiger partial charge in [-0.25, -0.2) is 13.9 Å². The molecular formula is C28H32N6O4. The number of anilines is 1. The van der Waals surface area contributed by atoms with Crippen LogP contribution >= 0.6 is 0 Å². The van der Waals surface area contributed by atoms with Gasteiger partial charge in [-0.3, -0.25) is 19.0 Å². The monoisotopic (exact) mass is 516 g/mol. The Morgan fingerprint density at radius 3 is 2.50 bits per heavy atom. The van der Waals surface area contributed by atoms with Crippen LogP contribution in [0.3, 0.4) is 0 Å². The zero-order valence-corrected chi connectivity index (χ0v) is 21.9. The van der Waals surface area contributed by atoms with E-state index in [1.807, 2.05) is 32.9 Å². The van der Waals surface area contributed by atoms with E-state index in [9.17, 15) is 19.2 Å². The van der Waals surface area contributed by atoms with Crippen molar-refractivity contribution in [1.29, 1.82) is 0 Å². The molecular weight excluding hydrogens is 484 g/mol. The second-order valence-electron chi connectivity index (χ2n) is 10.1. The molecule has 2 heterocycles. The molecule has 2 aromatic heterocycles. The molecule has 2 N–H and O–H groups in total. The van der Waals surface area contributed by atoms with Crippen molar-refractivity contribution in [3.8, 4) is 0 Å². The van der Waals surface area contributed by atoms with Gasteiger partial charge < -0.3 is 10.6 Å². The summed E-state index contributed by atoms with van der Waals surface area (Å²) in [6.45, 7) is 5.90. The van der Waals surface area contributed by atoms with Crippen molar-refractivity contribution in [1.82, 2.24) is 24.1 Å². The molecule has 10 nitrogen and oxygen atoms in total. The van der Waals surface area contributed by atoms with Gasteiger partial charge in [-0.1, -0.05) is 25.8 Å². The van der Waals surface area contributed by atoms with E-state index in [1.165, 1.54) is 8.97 Å². The lowest BCUT2D eigenvalue weighted by atomic mass is 10.1. The van der Waals surface area contributed by atoms with E-state index in [-0.39, 0.29) is 29.8 Å². The number of hydrogen-bond donors (Lipinski definition) is 2. The van der Waals surface area contributed by atoms with Crippen molar-refractivity contribution in [3.63, 3.8) is 0 Å². The minimum Gasteiger partial charge on any atom is -0.349 e. The number of carbonyl (C=O) groups excluding carboxylic acids is 2. The van der Waals surface area contributed by atoms with Crippen LogP contribution in [0.15, 0.2) is 46.0 Å². The van der Waals surface area contributed by atoms with Crippen LogP contribution < -0.4 is 21.9 Å². The van der Waals surface area contributed by atoms with Gasteiger partial charge in [0.1, 0.15) is 6.54 Å². The van der Waals surface area contributed by atoms with Crippen molar-refractivity contribution >= 4 is 34.2 Å². The SMILES string of the molecule is CCCn1c(=O)c2ccc(C(=O)NC3CCCC3)cc2n2c(=O)n(CC(=O)Nc3ccc(C)c(C)c3)nc12. The summed E-state index contributed by atoms with van der Waals surface area (Å²) in [7, 11) is 0. The van der Waals surface area contributed by atoms with Gasteiger partial charge in [-0.15, -0.1) is 5.10 Å². The van der Waals surface area contributed by atoms with Crippen molar-refractivity contribution in [2.24, 2.45) is 0 Å². The van der Waals surface area contributed by atoms with E-state index < -0.39 is 11.6 Å². The predicted octanol–water partition coefficient (Wildman–Crippen LogP) is 3.15. The summed E-state index contributed by atoms with van der Waals surface area (Å²) in [5.41, 5.74) is 2.58. The largest absolute Gasteiger partial charge is 0.352 e. The van der Waals surface area contributed by atoms with Crippen LogP contribution in [-0.2, 0) is 17.9 Å². The highest BCUT2D eigenvalue weighted by Crippen LogP contribution is 2.20. The molecule has 0 spiro atoms. The van der Waals surface area contributed by atoms with E-state index in [4.69, 9.17) is 0 Å². The highest BCUT2D eigenvalue weighted by atomic mass is 16.2. The van der Waals surface area contributed by atoms with Gasteiger partial charge in [-0.2, -0.15) is 0 Å². The van der Waals surface area contributed by atoms with E-state index in [2.05, 4.69) is 15.7 Å². The average Bonchev–Trinajstić information content (AvgIpc) is 3.51. The van der Waals surface area contributed by atoms with Crippen LogP contribution in [0.1, 0.15) is 60.5 Å². The zero-order valence-electron chi connectivity index (χ0n) is 21.9. The summed E-state index contributed by atoms with van der Waals surface area (Å²) in [5, 5.41) is 10.5. The molecule has 10 heteroatoms. The van der Waals surface area contributed by atoms with Gasteiger partial charge in [0, 0.05) is 23.8 Å². The van der Waals surface area contributed by atoms with E-state index in [0.29, 0.717) is 35.1 Å². The predicted molar refractivity (Wildman–Crippen MR) is 146 cm³/mol. The minimum atomic E-state index is -0.557. The molecule has 2 aromatic carbocycles. The van der Waals surface area contributed by atoms with Gasteiger partial charge >= 0.3 is 5.69 Å².